The first kappa shape index (κ1) is 14.5. The molecule has 2 aliphatic rings. The van der Waals surface area contributed by atoms with E-state index in [1.165, 1.54) is 0 Å². The monoisotopic (exact) mass is 293 g/mol. The number of hydrogen-bond donors (Lipinski definition) is 1. The summed E-state index contributed by atoms with van der Waals surface area (Å²) in [5.41, 5.74) is 0. The summed E-state index contributed by atoms with van der Waals surface area (Å²) in [4.78, 5) is 18.2. The van der Waals surface area contributed by atoms with Crippen molar-refractivity contribution in [1.29, 1.82) is 0 Å². The average Bonchev–Trinajstić information content (AvgIpc) is 3.22. The van der Waals surface area contributed by atoms with Crippen LogP contribution in [0.1, 0.15) is 56.7 Å². The fraction of sp³-hybridized carbons (Fsp3) is 0.800. The maximum Gasteiger partial charge on any atom is 0.226 e. The van der Waals surface area contributed by atoms with Gasteiger partial charge in [-0.15, -0.1) is 0 Å². The number of aromatic nitrogens is 2. The number of rotatable bonds is 5. The Morgan fingerprint density at radius 3 is 2.95 bits per heavy atom. The largest absolute Gasteiger partial charge is 0.391 e. The van der Waals surface area contributed by atoms with Crippen molar-refractivity contribution in [3.8, 4) is 0 Å². The summed E-state index contributed by atoms with van der Waals surface area (Å²) in [7, 11) is 0. The zero-order valence-corrected chi connectivity index (χ0v) is 12.5. The Bertz CT molecular complexity index is 498. The molecular weight excluding hydrogens is 270 g/mol. The van der Waals surface area contributed by atoms with Gasteiger partial charge in [0, 0.05) is 31.8 Å². The minimum Gasteiger partial charge on any atom is -0.391 e. The molecule has 1 aromatic heterocycles. The van der Waals surface area contributed by atoms with Gasteiger partial charge in [0.25, 0.3) is 0 Å². The van der Waals surface area contributed by atoms with E-state index in [2.05, 4.69) is 10.1 Å². The van der Waals surface area contributed by atoms with Crippen LogP contribution in [0.4, 0.5) is 0 Å². The molecule has 1 aliphatic heterocycles. The number of amides is 1. The molecule has 1 aliphatic carbocycles. The summed E-state index contributed by atoms with van der Waals surface area (Å²) in [5, 5.41) is 13.8. The molecule has 0 spiro atoms. The van der Waals surface area contributed by atoms with Crippen molar-refractivity contribution in [3.05, 3.63) is 11.7 Å². The highest BCUT2D eigenvalue weighted by molar-refractivity contribution is 5.76. The zero-order chi connectivity index (χ0) is 14.8. The number of piperidine rings is 1. The van der Waals surface area contributed by atoms with E-state index < -0.39 is 0 Å². The van der Waals surface area contributed by atoms with Gasteiger partial charge in [-0.2, -0.15) is 4.98 Å². The summed E-state index contributed by atoms with van der Waals surface area (Å²) in [6, 6.07) is 0. The van der Waals surface area contributed by atoms with Crippen molar-refractivity contribution in [2.45, 2.75) is 57.5 Å². The SMILES string of the molecule is CC1CCN(C(=O)CCCc2nc(C3CC3)no2)CC1O. The number of carbonyl (C=O) groups is 1. The highest BCUT2D eigenvalue weighted by Crippen LogP contribution is 2.38. The molecule has 6 nitrogen and oxygen atoms in total. The van der Waals surface area contributed by atoms with Crippen LogP contribution in [-0.2, 0) is 11.2 Å². The predicted molar refractivity (Wildman–Crippen MR) is 75.6 cm³/mol. The fourth-order valence-electron chi connectivity index (χ4n) is 2.70. The van der Waals surface area contributed by atoms with Crippen molar-refractivity contribution in [1.82, 2.24) is 15.0 Å². The quantitative estimate of drug-likeness (QED) is 0.890. The van der Waals surface area contributed by atoms with Gasteiger partial charge in [-0.3, -0.25) is 4.79 Å². The normalized spacial score (nSPS) is 26.1. The molecule has 2 atom stereocenters. The highest BCUT2D eigenvalue weighted by atomic mass is 16.5. The maximum absolute atomic E-state index is 12.1. The molecular formula is C15H23N3O3. The van der Waals surface area contributed by atoms with E-state index in [0.29, 0.717) is 37.6 Å². The lowest BCUT2D eigenvalue weighted by Gasteiger charge is -2.34. The van der Waals surface area contributed by atoms with Crippen LogP contribution in [-0.4, -0.2) is 45.2 Å². The zero-order valence-electron chi connectivity index (χ0n) is 12.5. The Morgan fingerprint density at radius 2 is 2.24 bits per heavy atom. The molecule has 6 heteroatoms. The molecule has 0 aromatic carbocycles. The standard InChI is InChI=1S/C15H23N3O3/c1-10-7-8-18(9-12(10)19)14(20)4-2-3-13-16-15(17-21-13)11-5-6-11/h10-12,19H,2-9H2,1H3. The Labute approximate surface area is 124 Å². The van der Waals surface area contributed by atoms with E-state index in [1.807, 2.05) is 6.92 Å². The van der Waals surface area contributed by atoms with Crippen LogP contribution >= 0.6 is 0 Å². The van der Waals surface area contributed by atoms with Crippen LogP contribution in [0.5, 0.6) is 0 Å². The molecule has 1 amide bonds. The van der Waals surface area contributed by atoms with Gasteiger partial charge < -0.3 is 14.5 Å². The molecule has 1 saturated carbocycles. The topological polar surface area (TPSA) is 79.5 Å². The van der Waals surface area contributed by atoms with Crippen molar-refractivity contribution < 1.29 is 14.4 Å². The number of aryl methyl sites for hydroxylation is 1. The number of β-amino-alcohol motifs (C(OH)–C–C–N with tert-alkyl or cyclic N) is 1. The second kappa shape index (κ2) is 6.13. The fourth-order valence-corrected chi connectivity index (χ4v) is 2.70. The van der Waals surface area contributed by atoms with Gasteiger partial charge in [0.05, 0.1) is 6.10 Å². The number of nitrogens with zero attached hydrogens (tertiary/aromatic N) is 3. The van der Waals surface area contributed by atoms with Crippen LogP contribution in [0.15, 0.2) is 4.52 Å². The van der Waals surface area contributed by atoms with Gasteiger partial charge in [-0.1, -0.05) is 12.1 Å². The maximum atomic E-state index is 12.1. The Kier molecular flexibility index (Phi) is 4.24. The third-order valence-corrected chi connectivity index (χ3v) is 4.48. The van der Waals surface area contributed by atoms with E-state index >= 15 is 0 Å². The molecule has 0 radical (unpaired) electrons. The molecule has 116 valence electrons. The first-order valence-corrected chi connectivity index (χ1v) is 7.92. The number of aliphatic hydroxyl groups is 1. The Balaban J connectivity index is 1.41. The summed E-state index contributed by atoms with van der Waals surface area (Å²) < 4.78 is 5.20. The summed E-state index contributed by atoms with van der Waals surface area (Å²) in [6.45, 7) is 3.25. The summed E-state index contributed by atoms with van der Waals surface area (Å²) in [5.74, 6) is 2.36. The Hall–Kier alpha value is -1.43. The number of carbonyl (C=O) groups excluding carboxylic acids is 1. The first-order valence-electron chi connectivity index (χ1n) is 7.92. The highest BCUT2D eigenvalue weighted by Gasteiger charge is 2.29. The Morgan fingerprint density at radius 1 is 1.43 bits per heavy atom. The lowest BCUT2D eigenvalue weighted by Crippen LogP contribution is -2.45. The van der Waals surface area contributed by atoms with E-state index in [1.54, 1.807) is 4.90 Å². The molecule has 2 fully saturated rings. The number of likely N-dealkylation sites (tertiary alicyclic amines) is 1. The van der Waals surface area contributed by atoms with Gasteiger partial charge in [0.2, 0.25) is 11.8 Å². The number of hydrogen-bond acceptors (Lipinski definition) is 5. The van der Waals surface area contributed by atoms with Crippen LogP contribution in [0, 0.1) is 5.92 Å². The number of aliphatic hydroxyl groups excluding tert-OH is 1. The van der Waals surface area contributed by atoms with Crippen molar-refractivity contribution in [2.24, 2.45) is 5.92 Å². The van der Waals surface area contributed by atoms with Crippen LogP contribution < -0.4 is 0 Å². The second-order valence-electron chi connectivity index (χ2n) is 6.35. The van der Waals surface area contributed by atoms with E-state index in [4.69, 9.17) is 4.52 Å². The molecule has 1 aromatic rings. The molecule has 3 rings (SSSR count). The van der Waals surface area contributed by atoms with Gasteiger partial charge in [-0.25, -0.2) is 0 Å². The van der Waals surface area contributed by atoms with Gasteiger partial charge in [0.1, 0.15) is 0 Å². The van der Waals surface area contributed by atoms with Crippen molar-refractivity contribution in [3.63, 3.8) is 0 Å². The average molecular weight is 293 g/mol. The molecule has 2 heterocycles. The molecule has 1 N–H and O–H groups in total. The predicted octanol–water partition coefficient (Wildman–Crippen LogP) is 1.50. The second-order valence-corrected chi connectivity index (χ2v) is 6.35. The lowest BCUT2D eigenvalue weighted by atomic mass is 9.96. The van der Waals surface area contributed by atoms with Crippen LogP contribution in [0.2, 0.25) is 0 Å². The van der Waals surface area contributed by atoms with Crippen molar-refractivity contribution >= 4 is 5.91 Å². The molecule has 21 heavy (non-hydrogen) atoms. The van der Waals surface area contributed by atoms with Crippen LogP contribution in [0.25, 0.3) is 0 Å². The van der Waals surface area contributed by atoms with Crippen LogP contribution in [0.3, 0.4) is 0 Å². The summed E-state index contributed by atoms with van der Waals surface area (Å²) >= 11 is 0. The molecule has 2 unspecified atom stereocenters. The van der Waals surface area contributed by atoms with E-state index in [-0.39, 0.29) is 17.9 Å². The minimum absolute atomic E-state index is 0.114. The third-order valence-electron chi connectivity index (χ3n) is 4.48. The van der Waals surface area contributed by atoms with Crippen molar-refractivity contribution in [2.75, 3.05) is 13.1 Å². The van der Waals surface area contributed by atoms with Gasteiger partial charge >= 0.3 is 0 Å². The van der Waals surface area contributed by atoms with E-state index in [0.717, 1.165) is 31.6 Å². The van der Waals surface area contributed by atoms with Gasteiger partial charge in [0.15, 0.2) is 5.82 Å². The van der Waals surface area contributed by atoms with Gasteiger partial charge in [-0.05, 0) is 31.6 Å². The smallest absolute Gasteiger partial charge is 0.226 e. The van der Waals surface area contributed by atoms with E-state index in [9.17, 15) is 9.90 Å². The minimum atomic E-state index is -0.389. The lowest BCUT2D eigenvalue weighted by molar-refractivity contribution is -0.135. The molecule has 0 bridgehead atoms. The first-order chi connectivity index (χ1) is 10.1. The molecule has 1 saturated heterocycles. The third kappa shape index (κ3) is 3.61. The summed E-state index contributed by atoms with van der Waals surface area (Å²) in [6.07, 6.45) is 4.65.